The fourth-order valence-corrected chi connectivity index (χ4v) is 1.50. The van der Waals surface area contributed by atoms with Crippen LogP contribution in [-0.4, -0.2) is 18.5 Å². The second kappa shape index (κ2) is 6.76. The Labute approximate surface area is 83.1 Å². The van der Waals surface area contributed by atoms with Crippen molar-refractivity contribution in [3.63, 3.8) is 0 Å². The highest BCUT2D eigenvalue weighted by Gasteiger charge is 2.04. The van der Waals surface area contributed by atoms with Crippen LogP contribution < -0.4 is 0 Å². The second-order valence-corrected chi connectivity index (χ2v) is 3.18. The molecule has 1 heteroatoms. The molecule has 0 bridgehead atoms. The van der Waals surface area contributed by atoms with Gasteiger partial charge in [-0.15, -0.1) is 0 Å². The molecule has 0 amide bonds. The molecule has 0 aliphatic carbocycles. The van der Waals surface area contributed by atoms with Crippen LogP contribution in [0.2, 0.25) is 0 Å². The first-order valence-electron chi connectivity index (χ1n) is 5.27. The van der Waals surface area contributed by atoms with Gasteiger partial charge in [0.05, 0.1) is 0 Å². The average molecular weight is 181 g/mol. The van der Waals surface area contributed by atoms with E-state index in [4.69, 9.17) is 0 Å². The summed E-state index contributed by atoms with van der Waals surface area (Å²) in [6.45, 7) is 9.77. The molecular weight excluding hydrogens is 158 g/mol. The van der Waals surface area contributed by atoms with Gasteiger partial charge in [0, 0.05) is 19.3 Å². The number of hydrogen-bond donors (Lipinski definition) is 0. The summed E-state index contributed by atoms with van der Waals surface area (Å²) in [6, 6.07) is 0. The molecule has 0 saturated carbocycles. The summed E-state index contributed by atoms with van der Waals surface area (Å²) in [6.07, 6.45) is 6.77. The van der Waals surface area contributed by atoms with Crippen molar-refractivity contribution in [2.75, 3.05) is 13.6 Å². The van der Waals surface area contributed by atoms with E-state index in [0.717, 1.165) is 19.4 Å². The summed E-state index contributed by atoms with van der Waals surface area (Å²) in [5, 5.41) is 0. The van der Waals surface area contributed by atoms with Crippen LogP contribution in [0, 0.1) is 0 Å². The van der Waals surface area contributed by atoms with Crippen LogP contribution in [0.1, 0.15) is 40.5 Å². The third-order valence-corrected chi connectivity index (χ3v) is 2.32. The van der Waals surface area contributed by atoms with Crippen LogP contribution in [0.4, 0.5) is 0 Å². The monoisotopic (exact) mass is 181 g/mol. The maximum atomic E-state index is 2.32. The molecule has 0 rings (SSSR count). The Bertz CT molecular complexity index is 189. The summed E-state index contributed by atoms with van der Waals surface area (Å²) in [5.74, 6) is 0. The Hall–Kier alpha value is -0.720. The lowest BCUT2D eigenvalue weighted by Gasteiger charge is -2.22. The van der Waals surface area contributed by atoms with Gasteiger partial charge in [0.25, 0.3) is 0 Å². The minimum Gasteiger partial charge on any atom is -0.375 e. The summed E-state index contributed by atoms with van der Waals surface area (Å²) in [4.78, 5) is 2.30. The van der Waals surface area contributed by atoms with Crippen LogP contribution in [0.3, 0.4) is 0 Å². The van der Waals surface area contributed by atoms with Crippen molar-refractivity contribution in [2.45, 2.75) is 40.5 Å². The highest BCUT2D eigenvalue weighted by molar-refractivity contribution is 5.28. The fraction of sp³-hybridized carbons (Fsp3) is 0.667. The molecule has 0 unspecified atom stereocenters. The van der Waals surface area contributed by atoms with Gasteiger partial charge in [0.15, 0.2) is 0 Å². The lowest BCUT2D eigenvalue weighted by atomic mass is 10.1. The van der Waals surface area contributed by atoms with Gasteiger partial charge in [0.1, 0.15) is 0 Å². The molecule has 0 aliphatic rings. The van der Waals surface area contributed by atoms with Crippen molar-refractivity contribution < 1.29 is 0 Å². The molecule has 13 heavy (non-hydrogen) atoms. The Morgan fingerprint density at radius 1 is 1.23 bits per heavy atom. The maximum Gasteiger partial charge on any atom is 0.0349 e. The zero-order valence-electron chi connectivity index (χ0n) is 9.72. The molecule has 0 aliphatic heterocycles. The molecule has 1 nitrogen and oxygen atoms in total. The number of allylic oxidation sites excluding steroid dienone is 3. The molecule has 76 valence electrons. The van der Waals surface area contributed by atoms with Crippen molar-refractivity contribution in [1.82, 2.24) is 4.90 Å². The van der Waals surface area contributed by atoms with E-state index in [0.29, 0.717) is 0 Å². The van der Waals surface area contributed by atoms with E-state index in [2.05, 4.69) is 51.8 Å². The number of hydrogen-bond acceptors (Lipinski definition) is 1. The first-order chi connectivity index (χ1) is 6.21. The molecule has 0 aromatic heterocycles. The summed E-state index contributed by atoms with van der Waals surface area (Å²) in [7, 11) is 2.15. The Kier molecular flexibility index (Phi) is 6.38. The van der Waals surface area contributed by atoms with E-state index in [-0.39, 0.29) is 0 Å². The van der Waals surface area contributed by atoms with Gasteiger partial charge in [-0.05, 0) is 32.3 Å². The quantitative estimate of drug-likeness (QED) is 0.586. The van der Waals surface area contributed by atoms with E-state index in [1.807, 2.05) is 0 Å². The summed E-state index contributed by atoms with van der Waals surface area (Å²) in [5.41, 5.74) is 2.85. The Morgan fingerprint density at radius 3 is 2.15 bits per heavy atom. The molecule has 0 N–H and O–H groups in total. The first kappa shape index (κ1) is 12.3. The maximum absolute atomic E-state index is 2.32. The van der Waals surface area contributed by atoms with E-state index in [9.17, 15) is 0 Å². The average Bonchev–Trinajstić information content (AvgIpc) is 2.17. The SMILES string of the molecule is C/C=C(\C(=CCC)CC)N(C)CC. The zero-order chi connectivity index (χ0) is 10.3. The van der Waals surface area contributed by atoms with Gasteiger partial charge in [-0.3, -0.25) is 0 Å². The number of rotatable bonds is 5. The normalized spacial score (nSPS) is 13.3. The van der Waals surface area contributed by atoms with Crippen molar-refractivity contribution in [1.29, 1.82) is 0 Å². The Morgan fingerprint density at radius 2 is 1.85 bits per heavy atom. The van der Waals surface area contributed by atoms with E-state index < -0.39 is 0 Å². The van der Waals surface area contributed by atoms with Crippen LogP contribution in [0.25, 0.3) is 0 Å². The van der Waals surface area contributed by atoms with Gasteiger partial charge in [0.2, 0.25) is 0 Å². The van der Waals surface area contributed by atoms with Crippen LogP contribution in [0.5, 0.6) is 0 Å². The second-order valence-electron chi connectivity index (χ2n) is 3.18. The van der Waals surface area contributed by atoms with Crippen LogP contribution >= 0.6 is 0 Å². The van der Waals surface area contributed by atoms with Crippen molar-refractivity contribution in [3.8, 4) is 0 Å². The van der Waals surface area contributed by atoms with Gasteiger partial charge in [-0.25, -0.2) is 0 Å². The molecule has 0 radical (unpaired) electrons. The molecule has 0 aromatic carbocycles. The van der Waals surface area contributed by atoms with Gasteiger partial charge >= 0.3 is 0 Å². The smallest absolute Gasteiger partial charge is 0.0349 e. The number of likely N-dealkylation sites (N-methyl/N-ethyl adjacent to an activating group) is 1. The molecule has 0 fully saturated rings. The van der Waals surface area contributed by atoms with Crippen molar-refractivity contribution in [3.05, 3.63) is 23.4 Å². The highest BCUT2D eigenvalue weighted by atomic mass is 15.1. The highest BCUT2D eigenvalue weighted by Crippen LogP contribution is 2.17. The summed E-state index contributed by atoms with van der Waals surface area (Å²) >= 11 is 0. The lowest BCUT2D eigenvalue weighted by Crippen LogP contribution is -2.18. The van der Waals surface area contributed by atoms with Crippen molar-refractivity contribution >= 4 is 0 Å². The fourth-order valence-electron chi connectivity index (χ4n) is 1.50. The summed E-state index contributed by atoms with van der Waals surface area (Å²) < 4.78 is 0. The van der Waals surface area contributed by atoms with E-state index in [1.165, 1.54) is 11.3 Å². The number of nitrogens with zero attached hydrogens (tertiary/aromatic N) is 1. The van der Waals surface area contributed by atoms with Gasteiger partial charge in [-0.2, -0.15) is 0 Å². The molecule has 0 spiro atoms. The predicted molar refractivity (Wildman–Crippen MR) is 60.7 cm³/mol. The lowest BCUT2D eigenvalue weighted by molar-refractivity contribution is 0.446. The molecular formula is C12H23N. The minimum atomic E-state index is 1.07. The molecule has 0 saturated heterocycles. The van der Waals surface area contributed by atoms with Crippen molar-refractivity contribution in [2.24, 2.45) is 0 Å². The van der Waals surface area contributed by atoms with Crippen LogP contribution in [0.15, 0.2) is 23.4 Å². The van der Waals surface area contributed by atoms with Gasteiger partial charge < -0.3 is 4.90 Å². The zero-order valence-corrected chi connectivity index (χ0v) is 9.72. The molecule has 0 heterocycles. The Balaban J connectivity index is 4.65. The third-order valence-electron chi connectivity index (χ3n) is 2.32. The predicted octanol–water partition coefficient (Wildman–Crippen LogP) is 3.59. The van der Waals surface area contributed by atoms with Crippen LogP contribution in [-0.2, 0) is 0 Å². The van der Waals surface area contributed by atoms with Gasteiger partial charge in [-0.1, -0.05) is 26.0 Å². The standard InChI is InChI=1S/C12H23N/c1-6-10-11(7-2)12(8-3)13(5)9-4/h8,10H,6-7,9H2,1-5H3/b11-10?,12-8+. The largest absolute Gasteiger partial charge is 0.375 e. The minimum absolute atomic E-state index is 1.07. The van der Waals surface area contributed by atoms with E-state index >= 15 is 0 Å². The third kappa shape index (κ3) is 3.67. The molecule has 0 aromatic rings. The molecule has 0 atom stereocenters. The van der Waals surface area contributed by atoms with E-state index in [1.54, 1.807) is 0 Å². The topological polar surface area (TPSA) is 3.24 Å². The first-order valence-corrected chi connectivity index (χ1v) is 5.27.